The van der Waals surface area contributed by atoms with Crippen molar-refractivity contribution >= 4 is 45.4 Å². The number of amidine groups is 1. The third-order valence-corrected chi connectivity index (χ3v) is 4.24. The zero-order chi connectivity index (χ0) is 14.4. The van der Waals surface area contributed by atoms with Crippen LogP contribution in [0.3, 0.4) is 0 Å². The molecule has 0 spiro atoms. The predicted molar refractivity (Wildman–Crippen MR) is 83.5 cm³/mol. The lowest BCUT2D eigenvalue weighted by atomic mass is 10.2. The number of aromatic nitrogens is 4. The fourth-order valence-electron chi connectivity index (χ4n) is 2.16. The van der Waals surface area contributed by atoms with Crippen molar-refractivity contribution in [1.82, 2.24) is 35.9 Å². The summed E-state index contributed by atoms with van der Waals surface area (Å²) in [4.78, 5) is 20.1. The lowest BCUT2D eigenvalue weighted by molar-refractivity contribution is 0.683. The SMILES string of the molecule is CC1=C2NC(Sc3ncnc4nc[nH]c34)=NC2NC(=S)N1. The number of thioether (sulfide) groups is 1. The molecule has 10 heteroatoms. The molecule has 1 atom stereocenters. The number of fused-ring (bicyclic) bond motifs is 2. The van der Waals surface area contributed by atoms with Crippen LogP contribution in [0.25, 0.3) is 11.2 Å². The number of nitrogens with one attached hydrogen (secondary N) is 4. The van der Waals surface area contributed by atoms with Gasteiger partial charge in [0.05, 0.1) is 12.0 Å². The van der Waals surface area contributed by atoms with Gasteiger partial charge in [-0.3, -0.25) is 0 Å². The maximum atomic E-state index is 5.13. The first kappa shape index (κ1) is 12.5. The molecule has 0 bridgehead atoms. The van der Waals surface area contributed by atoms with Gasteiger partial charge in [-0.05, 0) is 30.9 Å². The number of thiocarbonyl (C=S) groups is 1. The average molecular weight is 318 g/mol. The highest BCUT2D eigenvalue weighted by Gasteiger charge is 2.30. The molecule has 106 valence electrons. The molecule has 21 heavy (non-hydrogen) atoms. The van der Waals surface area contributed by atoms with Gasteiger partial charge in [0.1, 0.15) is 16.9 Å². The number of rotatable bonds is 1. The second kappa shape index (κ2) is 4.67. The van der Waals surface area contributed by atoms with Gasteiger partial charge < -0.3 is 20.9 Å². The van der Waals surface area contributed by atoms with Gasteiger partial charge in [-0.1, -0.05) is 0 Å². The van der Waals surface area contributed by atoms with Crippen molar-refractivity contribution in [3.05, 3.63) is 24.0 Å². The number of aliphatic imine (C=N–C) groups is 1. The van der Waals surface area contributed by atoms with E-state index in [4.69, 9.17) is 12.2 Å². The molecule has 0 saturated carbocycles. The fourth-order valence-corrected chi connectivity index (χ4v) is 3.28. The van der Waals surface area contributed by atoms with Gasteiger partial charge in [-0.15, -0.1) is 0 Å². The summed E-state index contributed by atoms with van der Waals surface area (Å²) in [5.74, 6) is 0. The Morgan fingerprint density at radius 1 is 1.24 bits per heavy atom. The second-order valence-electron chi connectivity index (χ2n) is 4.48. The van der Waals surface area contributed by atoms with Gasteiger partial charge in [0.15, 0.2) is 22.1 Å². The molecule has 0 radical (unpaired) electrons. The van der Waals surface area contributed by atoms with E-state index in [-0.39, 0.29) is 6.17 Å². The molecule has 4 heterocycles. The van der Waals surface area contributed by atoms with E-state index < -0.39 is 0 Å². The molecule has 2 aliphatic heterocycles. The number of imidazole rings is 1. The number of hydrogen-bond donors (Lipinski definition) is 4. The molecular formula is C11H10N8S2. The number of H-pyrrole nitrogens is 1. The lowest BCUT2D eigenvalue weighted by Gasteiger charge is -2.23. The lowest BCUT2D eigenvalue weighted by Crippen LogP contribution is -2.47. The van der Waals surface area contributed by atoms with Crippen LogP contribution >= 0.6 is 24.0 Å². The average Bonchev–Trinajstić information content (AvgIpc) is 3.05. The minimum atomic E-state index is -0.166. The Morgan fingerprint density at radius 2 is 2.14 bits per heavy atom. The summed E-state index contributed by atoms with van der Waals surface area (Å²) >= 11 is 6.56. The smallest absolute Gasteiger partial charge is 0.181 e. The van der Waals surface area contributed by atoms with Crippen LogP contribution in [0.2, 0.25) is 0 Å². The van der Waals surface area contributed by atoms with Gasteiger partial charge in [0.25, 0.3) is 0 Å². The van der Waals surface area contributed by atoms with Crippen LogP contribution in [0.15, 0.2) is 34.1 Å². The first-order valence-electron chi connectivity index (χ1n) is 6.16. The molecule has 1 unspecified atom stereocenters. The van der Waals surface area contributed by atoms with E-state index in [1.807, 2.05) is 6.92 Å². The van der Waals surface area contributed by atoms with E-state index in [9.17, 15) is 0 Å². The van der Waals surface area contributed by atoms with Crippen molar-refractivity contribution in [2.24, 2.45) is 4.99 Å². The number of allylic oxidation sites excluding steroid dienone is 1. The maximum absolute atomic E-state index is 5.13. The van der Waals surface area contributed by atoms with Crippen molar-refractivity contribution in [1.29, 1.82) is 0 Å². The van der Waals surface area contributed by atoms with Crippen molar-refractivity contribution in [2.75, 3.05) is 0 Å². The van der Waals surface area contributed by atoms with Crippen LogP contribution in [0.5, 0.6) is 0 Å². The Labute approximate surface area is 128 Å². The summed E-state index contributed by atoms with van der Waals surface area (Å²) < 4.78 is 0. The third-order valence-electron chi connectivity index (χ3n) is 3.12. The van der Waals surface area contributed by atoms with E-state index >= 15 is 0 Å². The Kier molecular flexibility index (Phi) is 2.79. The van der Waals surface area contributed by atoms with E-state index in [2.05, 4.69) is 40.9 Å². The number of hydrogen-bond acceptors (Lipinski definition) is 7. The van der Waals surface area contributed by atoms with Gasteiger partial charge >= 0.3 is 0 Å². The quantitative estimate of drug-likeness (QED) is 0.444. The molecule has 0 fully saturated rings. The summed E-state index contributed by atoms with van der Waals surface area (Å²) in [6.45, 7) is 1.96. The van der Waals surface area contributed by atoms with E-state index in [1.165, 1.54) is 18.1 Å². The highest BCUT2D eigenvalue weighted by Crippen LogP contribution is 2.27. The molecule has 2 aliphatic rings. The Morgan fingerprint density at radius 3 is 3.05 bits per heavy atom. The number of aromatic amines is 1. The monoisotopic (exact) mass is 318 g/mol. The summed E-state index contributed by atoms with van der Waals surface area (Å²) in [5, 5.41) is 11.6. The van der Waals surface area contributed by atoms with Gasteiger partial charge in [-0.25, -0.2) is 19.9 Å². The van der Waals surface area contributed by atoms with Crippen LogP contribution in [0, 0.1) is 0 Å². The first-order chi connectivity index (χ1) is 10.2. The molecule has 2 aromatic rings. The summed E-state index contributed by atoms with van der Waals surface area (Å²) in [6.07, 6.45) is 2.93. The topological polar surface area (TPSA) is 103 Å². The Hall–Kier alpha value is -2.20. The normalized spacial score (nSPS) is 20.7. The van der Waals surface area contributed by atoms with Crippen molar-refractivity contribution in [2.45, 2.75) is 18.1 Å². The highest BCUT2D eigenvalue weighted by molar-refractivity contribution is 8.14. The highest BCUT2D eigenvalue weighted by atomic mass is 32.2. The Balaban J connectivity index is 1.65. The van der Waals surface area contributed by atoms with Crippen LogP contribution in [-0.2, 0) is 0 Å². The zero-order valence-electron chi connectivity index (χ0n) is 10.8. The molecular weight excluding hydrogens is 308 g/mol. The van der Waals surface area contributed by atoms with Crippen LogP contribution in [-0.4, -0.2) is 36.4 Å². The molecule has 0 aliphatic carbocycles. The minimum Gasteiger partial charge on any atom is -0.341 e. The zero-order valence-corrected chi connectivity index (χ0v) is 12.5. The Bertz CT molecular complexity index is 807. The van der Waals surface area contributed by atoms with E-state index in [0.717, 1.165) is 27.1 Å². The molecule has 2 aromatic heterocycles. The van der Waals surface area contributed by atoms with Crippen molar-refractivity contribution < 1.29 is 0 Å². The molecule has 0 saturated heterocycles. The maximum Gasteiger partial charge on any atom is 0.181 e. The van der Waals surface area contributed by atoms with Gasteiger partial charge in [-0.2, -0.15) is 0 Å². The molecule has 4 rings (SSSR count). The summed E-state index contributed by atoms with van der Waals surface area (Å²) in [5.41, 5.74) is 3.38. The standard InChI is InChI=1S/C11H10N8S2/c1-4-5-8(18-10(20)16-4)19-11(17-5)21-9-6-7(13-2-12-6)14-3-15-9/h2-3,8H,1H3,(H,17,19)(H2,16,18,20)(H,12,13,14,15). The van der Waals surface area contributed by atoms with E-state index in [0.29, 0.717) is 10.8 Å². The van der Waals surface area contributed by atoms with Gasteiger partial charge in [0.2, 0.25) is 0 Å². The second-order valence-corrected chi connectivity index (χ2v) is 5.87. The van der Waals surface area contributed by atoms with Crippen molar-refractivity contribution in [3.63, 3.8) is 0 Å². The first-order valence-corrected chi connectivity index (χ1v) is 7.38. The molecule has 8 nitrogen and oxygen atoms in total. The predicted octanol–water partition coefficient (Wildman–Crippen LogP) is 0.439. The molecule has 4 N–H and O–H groups in total. The van der Waals surface area contributed by atoms with E-state index in [1.54, 1.807) is 6.33 Å². The third kappa shape index (κ3) is 2.12. The van der Waals surface area contributed by atoms with Crippen LogP contribution in [0.1, 0.15) is 6.92 Å². The van der Waals surface area contributed by atoms with Crippen molar-refractivity contribution in [3.8, 4) is 0 Å². The van der Waals surface area contributed by atoms with Crippen LogP contribution in [0.4, 0.5) is 0 Å². The van der Waals surface area contributed by atoms with Gasteiger partial charge in [0, 0.05) is 5.70 Å². The largest absolute Gasteiger partial charge is 0.341 e. The van der Waals surface area contributed by atoms with Crippen LogP contribution < -0.4 is 16.0 Å². The fraction of sp³-hybridized carbons (Fsp3) is 0.182. The number of nitrogens with zero attached hydrogens (tertiary/aromatic N) is 4. The molecule has 0 amide bonds. The summed E-state index contributed by atoms with van der Waals surface area (Å²) in [7, 11) is 0. The molecule has 0 aromatic carbocycles. The summed E-state index contributed by atoms with van der Waals surface area (Å²) in [6, 6.07) is 0. The minimum absolute atomic E-state index is 0.166.